The lowest BCUT2D eigenvalue weighted by Crippen LogP contribution is -2.35. The number of rotatable bonds is 3. The van der Waals surface area contributed by atoms with Gasteiger partial charge in [-0.05, 0) is 13.3 Å². The molecule has 10 heavy (non-hydrogen) atoms. The number of amides is 1. The molecule has 1 atom stereocenters. The van der Waals surface area contributed by atoms with Crippen LogP contribution in [-0.2, 0) is 9.59 Å². The normalized spacial score (nSPS) is 12.3. The largest absolute Gasteiger partial charge is 0.347 e. The molecule has 58 valence electrons. The van der Waals surface area contributed by atoms with Gasteiger partial charge in [0.15, 0.2) is 0 Å². The molecule has 0 aliphatic heterocycles. The van der Waals surface area contributed by atoms with Crippen molar-refractivity contribution in [3.63, 3.8) is 0 Å². The maximum absolute atomic E-state index is 10.7. The average Bonchev–Trinajstić information content (AvgIpc) is 1.87. The molecule has 0 bridgehead atoms. The molecule has 0 spiro atoms. The molecule has 0 rings (SSSR count). The van der Waals surface area contributed by atoms with E-state index in [1.807, 2.05) is 13.8 Å². The van der Waals surface area contributed by atoms with Crippen LogP contribution < -0.4 is 5.32 Å². The van der Waals surface area contributed by atoms with Crippen molar-refractivity contribution in [2.75, 3.05) is 0 Å². The standard InChI is InChI=1S/C7H13NO2/c1-4-5(2)8-7(10)6(3)9/h5H,4H2,1-3H3,(H,8,10)/t5-/m0/s1. The van der Waals surface area contributed by atoms with Gasteiger partial charge in [0, 0.05) is 13.0 Å². The van der Waals surface area contributed by atoms with Crippen molar-refractivity contribution in [3.05, 3.63) is 0 Å². The van der Waals surface area contributed by atoms with E-state index in [9.17, 15) is 9.59 Å². The van der Waals surface area contributed by atoms with E-state index in [0.717, 1.165) is 6.42 Å². The zero-order valence-electron chi connectivity index (χ0n) is 6.60. The SMILES string of the molecule is CC[C@H](C)NC(=O)C(C)=O. The quantitative estimate of drug-likeness (QED) is 0.584. The van der Waals surface area contributed by atoms with Gasteiger partial charge in [-0.15, -0.1) is 0 Å². The summed E-state index contributed by atoms with van der Waals surface area (Å²) >= 11 is 0. The number of hydrogen-bond acceptors (Lipinski definition) is 2. The first-order valence-electron chi connectivity index (χ1n) is 3.39. The fourth-order valence-electron chi connectivity index (χ4n) is 0.427. The molecule has 0 radical (unpaired) electrons. The monoisotopic (exact) mass is 143 g/mol. The smallest absolute Gasteiger partial charge is 0.287 e. The van der Waals surface area contributed by atoms with E-state index < -0.39 is 11.7 Å². The highest BCUT2D eigenvalue weighted by Crippen LogP contribution is 1.86. The Balaban J connectivity index is 3.68. The topological polar surface area (TPSA) is 46.2 Å². The van der Waals surface area contributed by atoms with Crippen molar-refractivity contribution in [3.8, 4) is 0 Å². The van der Waals surface area contributed by atoms with E-state index in [1.165, 1.54) is 6.92 Å². The Kier molecular flexibility index (Phi) is 3.69. The second kappa shape index (κ2) is 4.04. The van der Waals surface area contributed by atoms with Crippen molar-refractivity contribution >= 4 is 11.7 Å². The van der Waals surface area contributed by atoms with Gasteiger partial charge in [0.05, 0.1) is 0 Å². The third-order valence-corrected chi connectivity index (χ3v) is 1.31. The summed E-state index contributed by atoms with van der Waals surface area (Å²) in [6.07, 6.45) is 0.846. The second-order valence-electron chi connectivity index (χ2n) is 2.34. The van der Waals surface area contributed by atoms with E-state index in [4.69, 9.17) is 0 Å². The van der Waals surface area contributed by atoms with Crippen LogP contribution in [0.1, 0.15) is 27.2 Å². The number of nitrogens with one attached hydrogen (secondary N) is 1. The van der Waals surface area contributed by atoms with E-state index in [2.05, 4.69) is 5.32 Å². The van der Waals surface area contributed by atoms with Crippen LogP contribution >= 0.6 is 0 Å². The van der Waals surface area contributed by atoms with Gasteiger partial charge in [0.25, 0.3) is 5.91 Å². The third-order valence-electron chi connectivity index (χ3n) is 1.31. The molecule has 0 saturated heterocycles. The van der Waals surface area contributed by atoms with Crippen LogP contribution in [0.15, 0.2) is 0 Å². The molecule has 0 fully saturated rings. The molecule has 3 nitrogen and oxygen atoms in total. The van der Waals surface area contributed by atoms with Crippen molar-refractivity contribution < 1.29 is 9.59 Å². The van der Waals surface area contributed by atoms with E-state index >= 15 is 0 Å². The van der Waals surface area contributed by atoms with Crippen molar-refractivity contribution in [1.29, 1.82) is 0 Å². The molecule has 0 aliphatic carbocycles. The Morgan fingerprint density at radius 3 is 2.30 bits per heavy atom. The predicted octanol–water partition coefficient (Wildman–Crippen LogP) is 0.490. The predicted molar refractivity (Wildman–Crippen MR) is 38.6 cm³/mol. The summed E-state index contributed by atoms with van der Waals surface area (Å²) in [5.74, 6) is -0.922. The van der Waals surface area contributed by atoms with Gasteiger partial charge in [-0.2, -0.15) is 0 Å². The molecular weight excluding hydrogens is 130 g/mol. The number of ketones is 1. The maximum atomic E-state index is 10.7. The van der Waals surface area contributed by atoms with Gasteiger partial charge in [0.2, 0.25) is 5.78 Å². The Hall–Kier alpha value is -0.860. The third kappa shape index (κ3) is 3.22. The minimum absolute atomic E-state index is 0.0939. The maximum Gasteiger partial charge on any atom is 0.287 e. The molecule has 1 N–H and O–H groups in total. The lowest BCUT2D eigenvalue weighted by molar-refractivity contribution is -0.137. The Morgan fingerprint density at radius 1 is 1.50 bits per heavy atom. The van der Waals surface area contributed by atoms with Gasteiger partial charge in [-0.25, -0.2) is 0 Å². The number of carbonyl (C=O) groups excluding carboxylic acids is 2. The molecule has 3 heteroatoms. The van der Waals surface area contributed by atoms with Crippen LogP contribution in [0.5, 0.6) is 0 Å². The zero-order valence-corrected chi connectivity index (χ0v) is 6.60. The minimum atomic E-state index is -0.491. The number of hydrogen-bond donors (Lipinski definition) is 1. The molecule has 0 aromatic heterocycles. The summed E-state index contributed by atoms with van der Waals surface area (Å²) < 4.78 is 0. The summed E-state index contributed by atoms with van der Waals surface area (Å²) in [5.41, 5.74) is 0. The van der Waals surface area contributed by atoms with Crippen LogP contribution in [0.2, 0.25) is 0 Å². The summed E-state index contributed by atoms with van der Waals surface area (Å²) in [6, 6.07) is 0.0939. The average molecular weight is 143 g/mol. The lowest BCUT2D eigenvalue weighted by Gasteiger charge is -2.08. The van der Waals surface area contributed by atoms with Crippen LogP contribution in [0.4, 0.5) is 0 Å². The van der Waals surface area contributed by atoms with E-state index in [1.54, 1.807) is 0 Å². The molecule has 0 heterocycles. The summed E-state index contributed by atoms with van der Waals surface area (Å²) in [4.78, 5) is 21.0. The highest BCUT2D eigenvalue weighted by atomic mass is 16.2. The molecule has 1 amide bonds. The molecule has 0 saturated carbocycles. The van der Waals surface area contributed by atoms with Crippen molar-refractivity contribution in [2.24, 2.45) is 0 Å². The molecular formula is C7H13NO2. The van der Waals surface area contributed by atoms with Gasteiger partial charge in [-0.1, -0.05) is 6.92 Å². The first kappa shape index (κ1) is 9.14. The van der Waals surface area contributed by atoms with Crippen molar-refractivity contribution in [1.82, 2.24) is 5.32 Å². The molecule has 0 aromatic rings. The molecule has 0 unspecified atom stereocenters. The second-order valence-corrected chi connectivity index (χ2v) is 2.34. The zero-order chi connectivity index (χ0) is 8.15. The molecule has 0 aromatic carbocycles. The summed E-state index contributed by atoms with van der Waals surface area (Å²) in [5, 5.41) is 2.54. The Labute approximate surface area is 60.8 Å². The fourth-order valence-corrected chi connectivity index (χ4v) is 0.427. The van der Waals surface area contributed by atoms with Crippen LogP contribution in [0, 0.1) is 0 Å². The Morgan fingerprint density at radius 2 is 2.00 bits per heavy atom. The summed E-state index contributed by atoms with van der Waals surface area (Å²) in [6.45, 7) is 5.07. The van der Waals surface area contributed by atoms with Gasteiger partial charge < -0.3 is 5.32 Å². The number of carbonyl (C=O) groups is 2. The van der Waals surface area contributed by atoms with E-state index in [0.29, 0.717) is 0 Å². The lowest BCUT2D eigenvalue weighted by atomic mass is 10.2. The van der Waals surface area contributed by atoms with Crippen LogP contribution in [0.3, 0.4) is 0 Å². The van der Waals surface area contributed by atoms with E-state index in [-0.39, 0.29) is 6.04 Å². The van der Waals surface area contributed by atoms with Crippen LogP contribution in [-0.4, -0.2) is 17.7 Å². The minimum Gasteiger partial charge on any atom is -0.347 e. The number of Topliss-reactive ketones (excluding diaryl/α,β-unsaturated/α-hetero) is 1. The highest BCUT2D eigenvalue weighted by molar-refractivity contribution is 6.35. The van der Waals surface area contributed by atoms with Gasteiger partial charge in [0.1, 0.15) is 0 Å². The Bertz CT molecular complexity index is 143. The van der Waals surface area contributed by atoms with Gasteiger partial charge in [-0.3, -0.25) is 9.59 Å². The first-order chi connectivity index (χ1) is 4.57. The van der Waals surface area contributed by atoms with Crippen molar-refractivity contribution in [2.45, 2.75) is 33.2 Å². The van der Waals surface area contributed by atoms with Gasteiger partial charge >= 0.3 is 0 Å². The molecule has 0 aliphatic rings. The summed E-state index contributed by atoms with van der Waals surface area (Å²) in [7, 11) is 0. The fraction of sp³-hybridized carbons (Fsp3) is 0.714. The van der Waals surface area contributed by atoms with Crippen LogP contribution in [0.25, 0.3) is 0 Å². The first-order valence-corrected chi connectivity index (χ1v) is 3.39. The highest BCUT2D eigenvalue weighted by Gasteiger charge is 2.08.